The van der Waals surface area contributed by atoms with Gasteiger partial charge >= 0.3 is 6.03 Å². The third kappa shape index (κ3) is 4.91. The fraction of sp³-hybridized carbons (Fsp3) is 0.235. The van der Waals surface area contributed by atoms with Gasteiger partial charge in [-0.15, -0.1) is 0 Å². The van der Waals surface area contributed by atoms with Crippen LogP contribution in [0.1, 0.15) is 16.7 Å². The second-order valence-electron chi connectivity index (χ2n) is 4.92. The van der Waals surface area contributed by atoms with Crippen LogP contribution in [0.15, 0.2) is 48.5 Å². The van der Waals surface area contributed by atoms with Crippen molar-refractivity contribution in [2.75, 3.05) is 6.54 Å². The quantitative estimate of drug-likeness (QED) is 0.871. The van der Waals surface area contributed by atoms with Crippen molar-refractivity contribution in [3.8, 4) is 0 Å². The molecule has 0 spiro atoms. The molecule has 0 atom stereocenters. The number of benzene rings is 2. The van der Waals surface area contributed by atoms with E-state index >= 15 is 0 Å². The van der Waals surface area contributed by atoms with Crippen LogP contribution in [0.3, 0.4) is 0 Å². The minimum atomic E-state index is -0.290. The molecule has 110 valence electrons. The van der Waals surface area contributed by atoms with Crippen LogP contribution in [0.4, 0.5) is 9.18 Å². The normalized spacial score (nSPS) is 10.2. The van der Waals surface area contributed by atoms with Crippen molar-refractivity contribution < 1.29 is 9.18 Å². The maximum atomic E-state index is 13.1. The lowest BCUT2D eigenvalue weighted by molar-refractivity contribution is 0.240. The number of aryl methyl sites for hydroxylation is 1. The Labute approximate surface area is 124 Å². The van der Waals surface area contributed by atoms with Crippen LogP contribution < -0.4 is 10.6 Å². The van der Waals surface area contributed by atoms with Crippen molar-refractivity contribution in [3.63, 3.8) is 0 Å². The highest BCUT2D eigenvalue weighted by atomic mass is 19.1. The molecule has 2 N–H and O–H groups in total. The van der Waals surface area contributed by atoms with Crippen LogP contribution in [0.25, 0.3) is 0 Å². The van der Waals surface area contributed by atoms with E-state index in [2.05, 4.69) is 10.6 Å². The molecule has 2 aromatic rings. The molecule has 0 bridgehead atoms. The van der Waals surface area contributed by atoms with Crippen molar-refractivity contribution in [2.45, 2.75) is 19.9 Å². The van der Waals surface area contributed by atoms with Crippen molar-refractivity contribution in [1.29, 1.82) is 0 Å². The van der Waals surface area contributed by atoms with Gasteiger partial charge in [0.2, 0.25) is 0 Å². The number of urea groups is 1. The number of carbonyl (C=O) groups is 1. The lowest BCUT2D eigenvalue weighted by atomic mass is 10.1. The molecule has 2 rings (SSSR count). The Morgan fingerprint density at radius 1 is 1.10 bits per heavy atom. The van der Waals surface area contributed by atoms with Gasteiger partial charge < -0.3 is 10.6 Å². The summed E-state index contributed by atoms with van der Waals surface area (Å²) in [6.45, 7) is 2.78. The van der Waals surface area contributed by atoms with Crippen molar-refractivity contribution in [2.24, 2.45) is 0 Å². The molecule has 0 fully saturated rings. The molecule has 0 aliphatic heterocycles. The van der Waals surface area contributed by atoms with Crippen LogP contribution in [-0.2, 0) is 13.0 Å². The summed E-state index contributed by atoms with van der Waals surface area (Å²) in [6.07, 6.45) is 0.785. The number of hydrogen-bond donors (Lipinski definition) is 2. The molecule has 3 nitrogen and oxygen atoms in total. The Bertz CT molecular complexity index is 599. The summed E-state index contributed by atoms with van der Waals surface area (Å²) >= 11 is 0. The Kier molecular flexibility index (Phi) is 5.32. The summed E-state index contributed by atoms with van der Waals surface area (Å²) in [5.74, 6) is -0.290. The first kappa shape index (κ1) is 15.0. The largest absolute Gasteiger partial charge is 0.338 e. The van der Waals surface area contributed by atoms with Gasteiger partial charge in [-0.05, 0) is 42.2 Å². The van der Waals surface area contributed by atoms with Crippen molar-refractivity contribution in [3.05, 3.63) is 71.0 Å². The first-order chi connectivity index (χ1) is 10.1. The van der Waals surface area contributed by atoms with Crippen LogP contribution in [0.5, 0.6) is 0 Å². The van der Waals surface area contributed by atoms with Gasteiger partial charge in [-0.1, -0.05) is 36.4 Å². The number of amides is 2. The van der Waals surface area contributed by atoms with Gasteiger partial charge in [-0.25, -0.2) is 9.18 Å². The third-order valence-electron chi connectivity index (χ3n) is 3.29. The molecule has 21 heavy (non-hydrogen) atoms. The highest BCUT2D eigenvalue weighted by Crippen LogP contribution is 2.09. The number of rotatable bonds is 5. The van der Waals surface area contributed by atoms with E-state index < -0.39 is 0 Å². The average Bonchev–Trinajstić information content (AvgIpc) is 2.49. The molecule has 0 saturated heterocycles. The maximum Gasteiger partial charge on any atom is 0.315 e. The molecular weight excluding hydrogens is 267 g/mol. The van der Waals surface area contributed by atoms with E-state index in [1.165, 1.54) is 17.7 Å². The van der Waals surface area contributed by atoms with Crippen LogP contribution >= 0.6 is 0 Å². The van der Waals surface area contributed by atoms with Crippen molar-refractivity contribution in [1.82, 2.24) is 10.6 Å². The number of nitrogens with one attached hydrogen (secondary N) is 2. The minimum Gasteiger partial charge on any atom is -0.338 e. The maximum absolute atomic E-state index is 13.1. The summed E-state index contributed by atoms with van der Waals surface area (Å²) in [5.41, 5.74) is 2.92. The van der Waals surface area contributed by atoms with Gasteiger partial charge in [-0.2, -0.15) is 0 Å². The summed E-state index contributed by atoms with van der Waals surface area (Å²) in [5, 5.41) is 5.53. The number of carbonyl (C=O) groups excluding carboxylic acids is 1. The zero-order valence-electron chi connectivity index (χ0n) is 12.0. The Morgan fingerprint density at radius 2 is 1.86 bits per heavy atom. The zero-order valence-corrected chi connectivity index (χ0v) is 12.0. The summed E-state index contributed by atoms with van der Waals surface area (Å²) in [6, 6.07) is 14.3. The molecule has 0 unspecified atom stereocenters. The second kappa shape index (κ2) is 7.43. The molecule has 2 aromatic carbocycles. The predicted octanol–water partition coefficient (Wildman–Crippen LogP) is 3.18. The summed E-state index contributed by atoms with van der Waals surface area (Å²) in [4.78, 5) is 11.7. The second-order valence-corrected chi connectivity index (χ2v) is 4.92. The van der Waals surface area contributed by atoms with Gasteiger partial charge in [0.1, 0.15) is 5.82 Å². The Morgan fingerprint density at radius 3 is 2.62 bits per heavy atom. The first-order valence-corrected chi connectivity index (χ1v) is 6.96. The van der Waals surface area contributed by atoms with E-state index in [4.69, 9.17) is 0 Å². The molecule has 4 heteroatoms. The Balaban J connectivity index is 1.74. The highest BCUT2D eigenvalue weighted by molar-refractivity contribution is 5.73. The molecule has 0 aliphatic rings. The van der Waals surface area contributed by atoms with E-state index in [0.717, 1.165) is 17.5 Å². The number of hydrogen-bond acceptors (Lipinski definition) is 1. The first-order valence-electron chi connectivity index (χ1n) is 6.96. The summed E-state index contributed by atoms with van der Waals surface area (Å²) in [7, 11) is 0. The molecular formula is C17H19FN2O. The monoisotopic (exact) mass is 286 g/mol. The minimum absolute atomic E-state index is 0.241. The third-order valence-corrected chi connectivity index (χ3v) is 3.29. The highest BCUT2D eigenvalue weighted by Gasteiger charge is 2.03. The van der Waals surface area contributed by atoms with Gasteiger partial charge in [0.05, 0.1) is 0 Å². The van der Waals surface area contributed by atoms with E-state index in [0.29, 0.717) is 13.1 Å². The van der Waals surface area contributed by atoms with E-state index in [1.54, 1.807) is 6.07 Å². The van der Waals surface area contributed by atoms with E-state index in [9.17, 15) is 9.18 Å². The van der Waals surface area contributed by atoms with Gasteiger partial charge in [0, 0.05) is 13.1 Å². The lowest BCUT2D eigenvalue weighted by Crippen LogP contribution is -2.36. The van der Waals surface area contributed by atoms with Crippen LogP contribution in [-0.4, -0.2) is 12.6 Å². The Hall–Kier alpha value is -2.36. The molecule has 2 amide bonds. The predicted molar refractivity (Wildman–Crippen MR) is 81.5 cm³/mol. The summed E-state index contributed by atoms with van der Waals surface area (Å²) < 4.78 is 13.1. The zero-order chi connectivity index (χ0) is 15.1. The molecule has 0 saturated carbocycles. The van der Waals surface area contributed by atoms with Crippen molar-refractivity contribution >= 4 is 6.03 Å². The SMILES string of the molecule is Cc1ccc(F)cc1CNC(=O)NCCc1ccccc1. The van der Waals surface area contributed by atoms with Gasteiger partial charge in [0.15, 0.2) is 0 Å². The molecule has 0 aromatic heterocycles. The van der Waals surface area contributed by atoms with Crippen LogP contribution in [0.2, 0.25) is 0 Å². The van der Waals surface area contributed by atoms with Crippen LogP contribution in [0, 0.1) is 12.7 Å². The van der Waals surface area contributed by atoms with Gasteiger partial charge in [-0.3, -0.25) is 0 Å². The van der Waals surface area contributed by atoms with E-state index in [1.807, 2.05) is 37.3 Å². The van der Waals surface area contributed by atoms with E-state index in [-0.39, 0.29) is 11.8 Å². The fourth-order valence-electron chi connectivity index (χ4n) is 2.03. The molecule has 0 aliphatic carbocycles. The number of halogens is 1. The van der Waals surface area contributed by atoms with Gasteiger partial charge in [0.25, 0.3) is 0 Å². The smallest absolute Gasteiger partial charge is 0.315 e. The molecule has 0 heterocycles. The fourth-order valence-corrected chi connectivity index (χ4v) is 2.03. The lowest BCUT2D eigenvalue weighted by Gasteiger charge is -2.09. The topological polar surface area (TPSA) is 41.1 Å². The average molecular weight is 286 g/mol. The molecule has 0 radical (unpaired) electrons. The standard InChI is InChI=1S/C17H19FN2O/c1-13-7-8-16(18)11-15(13)12-20-17(21)19-10-9-14-5-3-2-4-6-14/h2-8,11H,9-10,12H2,1H3,(H2,19,20,21).